The van der Waals surface area contributed by atoms with Crippen molar-refractivity contribution in [3.05, 3.63) is 92.9 Å². The normalized spacial score (nSPS) is 14.6. The third kappa shape index (κ3) is 5.68. The molecule has 1 fully saturated rings. The lowest BCUT2D eigenvalue weighted by atomic mass is 10.1. The zero-order valence-electron chi connectivity index (χ0n) is 18.3. The fourth-order valence-electron chi connectivity index (χ4n) is 3.26. The standard InChI is InChI=1S/C25H16Cl3N3O5/c26-15-6-8-16(9-7-15)31-24(34)17(23(33)30-25(31)35)11-14-5-10-21(19(28)12-14)36-13-22(32)29-20-4-2-1-3-18(20)27/h1-12H,13H2,(H,29,32)(H,30,33,35)/b17-11-. The number of ether oxygens (including phenoxy) is 1. The Labute approximate surface area is 220 Å². The van der Waals surface area contributed by atoms with Gasteiger partial charge in [0.05, 0.1) is 21.4 Å². The van der Waals surface area contributed by atoms with Gasteiger partial charge >= 0.3 is 6.03 Å². The molecule has 0 spiro atoms. The summed E-state index contributed by atoms with van der Waals surface area (Å²) in [5.41, 5.74) is 0.824. The van der Waals surface area contributed by atoms with E-state index in [1.54, 1.807) is 30.3 Å². The molecule has 3 aromatic carbocycles. The first-order chi connectivity index (χ1) is 17.2. The molecule has 0 radical (unpaired) electrons. The highest BCUT2D eigenvalue weighted by molar-refractivity contribution is 6.39. The molecule has 1 aliphatic heterocycles. The smallest absolute Gasteiger partial charge is 0.335 e. The molecule has 0 saturated carbocycles. The Kier molecular flexibility index (Phi) is 7.59. The minimum atomic E-state index is -0.874. The molecule has 1 heterocycles. The summed E-state index contributed by atoms with van der Waals surface area (Å²) >= 11 is 18.2. The molecule has 3 aromatic rings. The number of benzene rings is 3. The Morgan fingerprint density at radius 3 is 2.36 bits per heavy atom. The van der Waals surface area contributed by atoms with Crippen molar-refractivity contribution < 1.29 is 23.9 Å². The SMILES string of the molecule is O=C(COc1ccc(/C=C2/C(=O)NC(=O)N(c3ccc(Cl)cc3)C2=O)cc1Cl)Nc1ccccc1Cl. The van der Waals surface area contributed by atoms with E-state index >= 15 is 0 Å². The molecule has 0 atom stereocenters. The molecule has 0 aliphatic carbocycles. The van der Waals surface area contributed by atoms with Crippen LogP contribution in [0.4, 0.5) is 16.2 Å². The first kappa shape index (κ1) is 25.2. The van der Waals surface area contributed by atoms with Crippen LogP contribution >= 0.6 is 34.8 Å². The van der Waals surface area contributed by atoms with Crippen LogP contribution in [0.2, 0.25) is 15.1 Å². The van der Waals surface area contributed by atoms with Crippen LogP contribution in [0.5, 0.6) is 5.75 Å². The van der Waals surface area contributed by atoms with Gasteiger partial charge in [0.25, 0.3) is 17.7 Å². The van der Waals surface area contributed by atoms with Crippen LogP contribution in [0.15, 0.2) is 72.3 Å². The number of para-hydroxylation sites is 1. The van der Waals surface area contributed by atoms with E-state index in [2.05, 4.69) is 10.6 Å². The van der Waals surface area contributed by atoms with Crippen LogP contribution in [0, 0.1) is 0 Å². The summed E-state index contributed by atoms with van der Waals surface area (Å²) in [6.07, 6.45) is 1.30. The molecule has 2 N–H and O–H groups in total. The number of rotatable bonds is 6. The minimum Gasteiger partial charge on any atom is -0.482 e. The average Bonchev–Trinajstić information content (AvgIpc) is 2.84. The van der Waals surface area contributed by atoms with E-state index in [1.807, 2.05) is 0 Å². The van der Waals surface area contributed by atoms with E-state index in [0.29, 0.717) is 21.3 Å². The zero-order valence-corrected chi connectivity index (χ0v) is 20.5. The lowest BCUT2D eigenvalue weighted by Gasteiger charge is -2.26. The molecular formula is C25H16Cl3N3O5. The second-order valence-corrected chi connectivity index (χ2v) is 8.69. The molecule has 182 valence electrons. The van der Waals surface area contributed by atoms with Crippen LogP contribution in [0.25, 0.3) is 6.08 Å². The molecule has 1 aliphatic rings. The second-order valence-electron chi connectivity index (χ2n) is 7.44. The van der Waals surface area contributed by atoms with Crippen LogP contribution < -0.4 is 20.3 Å². The number of halogens is 3. The van der Waals surface area contributed by atoms with Gasteiger partial charge in [-0.25, -0.2) is 9.69 Å². The molecule has 0 unspecified atom stereocenters. The van der Waals surface area contributed by atoms with Gasteiger partial charge in [-0.05, 0) is 60.2 Å². The summed E-state index contributed by atoms with van der Waals surface area (Å²) in [6, 6.07) is 16.4. The highest BCUT2D eigenvalue weighted by Gasteiger charge is 2.36. The Balaban J connectivity index is 1.48. The first-order valence-electron chi connectivity index (χ1n) is 10.4. The molecule has 36 heavy (non-hydrogen) atoms. The van der Waals surface area contributed by atoms with Crippen LogP contribution in [0.1, 0.15) is 5.56 Å². The summed E-state index contributed by atoms with van der Waals surface area (Å²) in [5, 5.41) is 5.73. The topological polar surface area (TPSA) is 105 Å². The number of urea groups is 1. The first-order valence-corrected chi connectivity index (χ1v) is 11.5. The van der Waals surface area contributed by atoms with Crippen LogP contribution in [-0.4, -0.2) is 30.4 Å². The number of hydrogen-bond acceptors (Lipinski definition) is 5. The number of anilines is 2. The van der Waals surface area contributed by atoms with Crippen molar-refractivity contribution in [2.75, 3.05) is 16.8 Å². The quantitative estimate of drug-likeness (QED) is 0.322. The van der Waals surface area contributed by atoms with Crippen molar-refractivity contribution in [1.29, 1.82) is 0 Å². The van der Waals surface area contributed by atoms with Gasteiger partial charge in [0.2, 0.25) is 0 Å². The summed E-state index contributed by atoms with van der Waals surface area (Å²) in [7, 11) is 0. The predicted octanol–water partition coefficient (Wildman–Crippen LogP) is 5.33. The fraction of sp³-hybridized carbons (Fsp3) is 0.0400. The van der Waals surface area contributed by atoms with Gasteiger partial charge in [0.1, 0.15) is 11.3 Å². The molecule has 5 amide bonds. The Morgan fingerprint density at radius 2 is 1.67 bits per heavy atom. The van der Waals surface area contributed by atoms with E-state index in [1.165, 1.54) is 42.5 Å². The molecule has 11 heteroatoms. The number of barbiturate groups is 1. The van der Waals surface area contributed by atoms with Gasteiger partial charge in [0.15, 0.2) is 6.61 Å². The van der Waals surface area contributed by atoms with E-state index in [4.69, 9.17) is 39.5 Å². The number of hydrogen-bond donors (Lipinski definition) is 2. The second kappa shape index (κ2) is 10.8. The van der Waals surface area contributed by atoms with Gasteiger partial charge < -0.3 is 10.1 Å². The lowest BCUT2D eigenvalue weighted by Crippen LogP contribution is -2.54. The molecule has 0 aromatic heterocycles. The monoisotopic (exact) mass is 543 g/mol. The maximum absolute atomic E-state index is 13.0. The molecular weight excluding hydrogens is 529 g/mol. The zero-order chi connectivity index (χ0) is 25.8. The highest BCUT2D eigenvalue weighted by Crippen LogP contribution is 2.28. The van der Waals surface area contributed by atoms with Crippen molar-refractivity contribution in [1.82, 2.24) is 5.32 Å². The third-order valence-corrected chi connectivity index (χ3v) is 5.84. The van der Waals surface area contributed by atoms with Crippen molar-refractivity contribution in [2.45, 2.75) is 0 Å². The summed E-state index contributed by atoms with van der Waals surface area (Å²) in [5.74, 6) is -1.88. The largest absolute Gasteiger partial charge is 0.482 e. The maximum Gasteiger partial charge on any atom is 0.335 e. The molecule has 0 bridgehead atoms. The van der Waals surface area contributed by atoms with E-state index in [0.717, 1.165) is 4.90 Å². The van der Waals surface area contributed by atoms with Crippen molar-refractivity contribution in [3.63, 3.8) is 0 Å². The highest BCUT2D eigenvalue weighted by atomic mass is 35.5. The number of amides is 5. The summed E-state index contributed by atoms with van der Waals surface area (Å²) in [4.78, 5) is 50.6. The molecule has 8 nitrogen and oxygen atoms in total. The maximum atomic E-state index is 13.0. The number of nitrogens with one attached hydrogen (secondary N) is 2. The lowest BCUT2D eigenvalue weighted by molar-refractivity contribution is -0.122. The van der Waals surface area contributed by atoms with Crippen molar-refractivity contribution in [2.24, 2.45) is 0 Å². The van der Waals surface area contributed by atoms with E-state index in [-0.39, 0.29) is 28.6 Å². The Hall–Kier alpha value is -3.85. The van der Waals surface area contributed by atoms with Crippen LogP contribution in [-0.2, 0) is 14.4 Å². The minimum absolute atomic E-state index is 0.143. The van der Waals surface area contributed by atoms with Gasteiger partial charge in [-0.1, -0.05) is 53.0 Å². The van der Waals surface area contributed by atoms with Crippen molar-refractivity contribution in [3.8, 4) is 5.75 Å². The number of carbonyl (C=O) groups excluding carboxylic acids is 4. The number of nitrogens with zero attached hydrogens (tertiary/aromatic N) is 1. The molecule has 1 saturated heterocycles. The van der Waals surface area contributed by atoms with Gasteiger partial charge in [-0.3, -0.25) is 19.7 Å². The average molecular weight is 545 g/mol. The van der Waals surface area contributed by atoms with Gasteiger partial charge in [-0.2, -0.15) is 0 Å². The fourth-order valence-corrected chi connectivity index (χ4v) is 3.82. The number of imide groups is 2. The Morgan fingerprint density at radius 1 is 0.944 bits per heavy atom. The van der Waals surface area contributed by atoms with Crippen LogP contribution in [0.3, 0.4) is 0 Å². The Bertz CT molecular complexity index is 1410. The third-order valence-electron chi connectivity index (χ3n) is 4.96. The summed E-state index contributed by atoms with van der Waals surface area (Å²) in [6.45, 7) is -0.329. The van der Waals surface area contributed by atoms with E-state index < -0.39 is 23.8 Å². The van der Waals surface area contributed by atoms with E-state index in [9.17, 15) is 19.2 Å². The predicted molar refractivity (Wildman–Crippen MR) is 137 cm³/mol. The summed E-state index contributed by atoms with van der Waals surface area (Å²) < 4.78 is 5.48. The van der Waals surface area contributed by atoms with Gasteiger partial charge in [-0.15, -0.1) is 0 Å². The molecule has 4 rings (SSSR count). The van der Waals surface area contributed by atoms with Crippen molar-refractivity contribution >= 4 is 76.0 Å². The number of carbonyl (C=O) groups is 4. The van der Waals surface area contributed by atoms with Gasteiger partial charge in [0, 0.05) is 5.02 Å².